The number of carbonyl (C=O) groups is 2. The molecule has 0 amide bonds. The van der Waals surface area contributed by atoms with E-state index in [9.17, 15) is 19.0 Å². The number of hydrogen-bond acceptors (Lipinski definition) is 8. The maximum Gasteiger partial charge on any atom is 0.472 e. The van der Waals surface area contributed by atoms with Crippen molar-refractivity contribution in [2.75, 3.05) is 26.4 Å². The Hall–Kier alpha value is -2.03. The Balaban J connectivity index is 4.13. The topological polar surface area (TPSA) is 134 Å². The highest BCUT2D eigenvalue weighted by Gasteiger charge is 2.26. The predicted octanol–water partition coefficient (Wildman–Crippen LogP) is 13.5. The summed E-state index contributed by atoms with van der Waals surface area (Å²) in [4.78, 5) is 34.9. The number of esters is 2. The van der Waals surface area contributed by atoms with Gasteiger partial charge in [0.2, 0.25) is 0 Å². The molecule has 0 saturated heterocycles. The number of nitrogens with two attached hydrogens (primary N) is 1. The SMILES string of the molecule is CCCCC/C=C\C/C=C\CCCCCCCCCCCC(=O)OC(COC(=O)CCCCCCCCC/C=C\C/C=C\CCCCC)COP(=O)(O)OCCN. The molecule has 0 fully saturated rings. The molecule has 0 spiro atoms. The minimum absolute atomic E-state index is 0.0503. The molecular weight excluding hydrogens is 737 g/mol. The summed E-state index contributed by atoms with van der Waals surface area (Å²) in [6.07, 6.45) is 49.9. The van der Waals surface area contributed by atoms with E-state index in [0.717, 1.165) is 70.6 Å². The summed E-state index contributed by atoms with van der Waals surface area (Å²) in [7, 11) is -4.38. The summed E-state index contributed by atoms with van der Waals surface area (Å²) >= 11 is 0. The number of phosphoric acid groups is 1. The normalized spacial score (nSPS) is 13.7. The standard InChI is InChI=1S/C47H86NO8P/c1-3-5-7-9-11-13-15-17-19-21-22-24-26-28-30-32-34-36-38-40-47(50)56-45(44-55-57(51,52)54-42-41-48)43-53-46(49)39-37-35-33-31-29-27-25-23-20-18-16-14-12-10-8-6-4-2/h11-14,17-20,45H,3-10,15-16,21-44,48H2,1-2H3,(H,51,52)/b13-11-,14-12-,19-17-,20-18-. The van der Waals surface area contributed by atoms with Gasteiger partial charge in [-0.2, -0.15) is 0 Å². The van der Waals surface area contributed by atoms with E-state index in [-0.39, 0.29) is 32.6 Å². The quantitative estimate of drug-likeness (QED) is 0.0267. The van der Waals surface area contributed by atoms with Crippen molar-refractivity contribution in [2.24, 2.45) is 5.73 Å². The van der Waals surface area contributed by atoms with Gasteiger partial charge in [-0.15, -0.1) is 0 Å². The molecular formula is C47H86NO8P. The van der Waals surface area contributed by atoms with Crippen LogP contribution >= 0.6 is 7.82 Å². The Kier molecular flexibility index (Phi) is 42.0. The highest BCUT2D eigenvalue weighted by Crippen LogP contribution is 2.43. The van der Waals surface area contributed by atoms with Crippen molar-refractivity contribution in [3.63, 3.8) is 0 Å². The van der Waals surface area contributed by atoms with Crippen LogP contribution in [0.3, 0.4) is 0 Å². The molecule has 0 aromatic heterocycles. The molecule has 0 aliphatic carbocycles. The van der Waals surface area contributed by atoms with E-state index >= 15 is 0 Å². The number of hydrogen-bond donors (Lipinski definition) is 2. The minimum Gasteiger partial charge on any atom is -0.462 e. The molecule has 10 heteroatoms. The fourth-order valence-electron chi connectivity index (χ4n) is 6.22. The molecule has 0 rings (SSSR count). The molecule has 3 N–H and O–H groups in total. The lowest BCUT2D eigenvalue weighted by Gasteiger charge is -2.19. The van der Waals surface area contributed by atoms with Crippen LogP contribution in [0.5, 0.6) is 0 Å². The molecule has 2 atom stereocenters. The molecule has 0 aromatic rings. The molecule has 9 nitrogen and oxygen atoms in total. The monoisotopic (exact) mass is 824 g/mol. The summed E-state index contributed by atoms with van der Waals surface area (Å²) < 4.78 is 32.8. The Labute approximate surface area is 349 Å². The molecule has 2 unspecified atom stereocenters. The van der Waals surface area contributed by atoms with Crippen LogP contribution in [0.15, 0.2) is 48.6 Å². The van der Waals surface area contributed by atoms with Gasteiger partial charge in [0.05, 0.1) is 13.2 Å². The van der Waals surface area contributed by atoms with Crippen molar-refractivity contribution in [2.45, 2.75) is 213 Å². The third kappa shape index (κ3) is 43.4. The number of allylic oxidation sites excluding steroid dienone is 8. The van der Waals surface area contributed by atoms with Gasteiger partial charge in [-0.05, 0) is 77.0 Å². The zero-order valence-corrected chi connectivity index (χ0v) is 37.5. The van der Waals surface area contributed by atoms with Gasteiger partial charge in [0.15, 0.2) is 6.10 Å². The van der Waals surface area contributed by atoms with Gasteiger partial charge in [0.1, 0.15) is 6.61 Å². The first kappa shape index (κ1) is 55.0. The maximum atomic E-state index is 12.6. The third-order valence-electron chi connectivity index (χ3n) is 9.69. The average molecular weight is 824 g/mol. The van der Waals surface area contributed by atoms with Crippen LogP contribution in [0.4, 0.5) is 0 Å². The van der Waals surface area contributed by atoms with Gasteiger partial charge >= 0.3 is 19.8 Å². The van der Waals surface area contributed by atoms with Gasteiger partial charge in [0.25, 0.3) is 0 Å². The van der Waals surface area contributed by atoms with Crippen molar-refractivity contribution in [1.29, 1.82) is 0 Å². The van der Waals surface area contributed by atoms with Crippen LogP contribution in [0.1, 0.15) is 206 Å². The molecule has 57 heavy (non-hydrogen) atoms. The largest absolute Gasteiger partial charge is 0.472 e. The minimum atomic E-state index is -4.38. The predicted molar refractivity (Wildman–Crippen MR) is 238 cm³/mol. The van der Waals surface area contributed by atoms with E-state index in [1.165, 1.54) is 103 Å². The van der Waals surface area contributed by atoms with E-state index in [1.54, 1.807) is 0 Å². The second-order valence-corrected chi connectivity index (χ2v) is 16.7. The molecule has 332 valence electrons. The van der Waals surface area contributed by atoms with Crippen LogP contribution in [0.25, 0.3) is 0 Å². The third-order valence-corrected chi connectivity index (χ3v) is 10.7. The first-order chi connectivity index (χ1) is 27.8. The molecule has 0 saturated carbocycles. The lowest BCUT2D eigenvalue weighted by atomic mass is 10.1. The van der Waals surface area contributed by atoms with Crippen LogP contribution in [-0.4, -0.2) is 49.3 Å². The van der Waals surface area contributed by atoms with E-state index < -0.39 is 32.5 Å². The Morgan fingerprint density at radius 2 is 0.912 bits per heavy atom. The molecule has 0 radical (unpaired) electrons. The van der Waals surface area contributed by atoms with Gasteiger partial charge < -0.3 is 20.1 Å². The Morgan fingerprint density at radius 3 is 1.33 bits per heavy atom. The fourth-order valence-corrected chi connectivity index (χ4v) is 6.99. The van der Waals surface area contributed by atoms with Crippen molar-refractivity contribution < 1.29 is 37.6 Å². The molecule has 0 bridgehead atoms. The molecule has 0 heterocycles. The second kappa shape index (κ2) is 43.5. The highest BCUT2D eigenvalue weighted by atomic mass is 31.2. The average Bonchev–Trinajstić information content (AvgIpc) is 3.20. The second-order valence-electron chi connectivity index (χ2n) is 15.3. The van der Waals surface area contributed by atoms with E-state index in [2.05, 4.69) is 62.5 Å². The number of carbonyl (C=O) groups excluding carboxylic acids is 2. The molecule has 0 aromatic carbocycles. The molecule has 0 aliphatic rings. The van der Waals surface area contributed by atoms with Crippen molar-refractivity contribution in [3.8, 4) is 0 Å². The summed E-state index contributed by atoms with van der Waals surface area (Å²) in [6.45, 7) is 3.68. The fraction of sp³-hybridized carbons (Fsp3) is 0.787. The van der Waals surface area contributed by atoms with Crippen LogP contribution < -0.4 is 5.73 Å². The van der Waals surface area contributed by atoms with Gasteiger partial charge in [-0.3, -0.25) is 18.6 Å². The highest BCUT2D eigenvalue weighted by molar-refractivity contribution is 7.47. The van der Waals surface area contributed by atoms with Crippen LogP contribution in [-0.2, 0) is 32.7 Å². The summed E-state index contributed by atoms with van der Waals surface area (Å²) in [5, 5.41) is 0. The number of phosphoric ester groups is 1. The zero-order valence-electron chi connectivity index (χ0n) is 36.6. The van der Waals surface area contributed by atoms with Crippen molar-refractivity contribution in [3.05, 3.63) is 48.6 Å². The van der Waals surface area contributed by atoms with Crippen molar-refractivity contribution >= 4 is 19.8 Å². The number of rotatable bonds is 43. The smallest absolute Gasteiger partial charge is 0.462 e. The number of ether oxygens (including phenoxy) is 2. The number of unbranched alkanes of at least 4 members (excludes halogenated alkanes) is 22. The van der Waals surface area contributed by atoms with Gasteiger partial charge in [0, 0.05) is 19.4 Å². The van der Waals surface area contributed by atoms with E-state index in [0.29, 0.717) is 6.42 Å². The lowest BCUT2D eigenvalue weighted by Crippen LogP contribution is -2.29. The van der Waals surface area contributed by atoms with E-state index in [4.69, 9.17) is 24.3 Å². The lowest BCUT2D eigenvalue weighted by molar-refractivity contribution is -0.161. The summed E-state index contributed by atoms with van der Waals surface area (Å²) in [5.74, 6) is -0.841. The summed E-state index contributed by atoms with van der Waals surface area (Å²) in [6, 6.07) is 0. The first-order valence-corrected chi connectivity index (χ1v) is 24.6. The van der Waals surface area contributed by atoms with Gasteiger partial charge in [-0.1, -0.05) is 165 Å². The Bertz CT molecular complexity index is 1080. The van der Waals surface area contributed by atoms with Crippen molar-refractivity contribution in [1.82, 2.24) is 0 Å². The summed E-state index contributed by atoms with van der Waals surface area (Å²) in [5.41, 5.74) is 5.35. The first-order valence-electron chi connectivity index (χ1n) is 23.1. The zero-order chi connectivity index (χ0) is 41.8. The van der Waals surface area contributed by atoms with Crippen LogP contribution in [0, 0.1) is 0 Å². The molecule has 0 aliphatic heterocycles. The van der Waals surface area contributed by atoms with Gasteiger partial charge in [-0.25, -0.2) is 4.57 Å². The van der Waals surface area contributed by atoms with E-state index in [1.807, 2.05) is 0 Å². The Morgan fingerprint density at radius 1 is 0.526 bits per heavy atom. The van der Waals surface area contributed by atoms with Crippen LogP contribution in [0.2, 0.25) is 0 Å². The maximum absolute atomic E-state index is 12.6.